The van der Waals surface area contributed by atoms with Crippen LogP contribution in [0.25, 0.3) is 11.0 Å². The fourth-order valence-corrected chi connectivity index (χ4v) is 1.91. The van der Waals surface area contributed by atoms with Gasteiger partial charge in [-0.25, -0.2) is 5.84 Å². The quantitative estimate of drug-likeness (QED) is 0.362. The third-order valence-electron chi connectivity index (χ3n) is 2.92. The first-order chi connectivity index (χ1) is 9.27. The highest BCUT2D eigenvalue weighted by Crippen LogP contribution is 2.26. The van der Waals surface area contributed by atoms with Gasteiger partial charge in [-0.15, -0.1) is 0 Å². The Labute approximate surface area is 111 Å². The fourth-order valence-electron chi connectivity index (χ4n) is 1.91. The van der Waals surface area contributed by atoms with Crippen LogP contribution in [-0.4, -0.2) is 12.5 Å². The molecule has 19 heavy (non-hydrogen) atoms. The van der Waals surface area contributed by atoms with Gasteiger partial charge in [0.15, 0.2) is 5.76 Å². The number of hydrazine groups is 1. The van der Waals surface area contributed by atoms with Crippen molar-refractivity contribution in [2.45, 2.75) is 26.4 Å². The molecule has 2 aromatic rings. The van der Waals surface area contributed by atoms with Crippen molar-refractivity contribution in [2.24, 2.45) is 5.84 Å². The maximum Gasteiger partial charge on any atom is 0.301 e. The van der Waals surface area contributed by atoms with E-state index in [1.165, 1.54) is 0 Å². The number of unbranched alkanes of at least 4 members (excludes halogenated alkanes) is 1. The largest absolute Gasteiger partial charge is 0.450 e. The highest BCUT2D eigenvalue weighted by molar-refractivity contribution is 5.98. The summed E-state index contributed by atoms with van der Waals surface area (Å²) in [5.41, 5.74) is 3.50. The number of ether oxygens (including phenoxy) is 1. The Hall–Kier alpha value is -1.85. The van der Waals surface area contributed by atoms with Gasteiger partial charge in [-0.2, -0.15) is 0 Å². The van der Waals surface area contributed by atoms with Gasteiger partial charge in [0.2, 0.25) is 0 Å². The van der Waals surface area contributed by atoms with Crippen LogP contribution >= 0.6 is 0 Å². The summed E-state index contributed by atoms with van der Waals surface area (Å²) in [7, 11) is 0. The number of amides is 1. The molecule has 0 aliphatic rings. The van der Waals surface area contributed by atoms with Crippen molar-refractivity contribution in [1.29, 1.82) is 0 Å². The normalized spacial score (nSPS) is 10.8. The highest BCUT2D eigenvalue weighted by Gasteiger charge is 2.19. The number of nitrogens with one attached hydrogen (secondary N) is 1. The summed E-state index contributed by atoms with van der Waals surface area (Å²) in [6, 6.07) is 7.48. The average molecular weight is 262 g/mol. The van der Waals surface area contributed by atoms with Crippen LogP contribution in [0, 0.1) is 0 Å². The van der Waals surface area contributed by atoms with E-state index in [4.69, 9.17) is 15.0 Å². The van der Waals surface area contributed by atoms with Crippen LogP contribution in [0.15, 0.2) is 28.7 Å². The maximum atomic E-state index is 11.7. The molecule has 0 radical (unpaired) electrons. The van der Waals surface area contributed by atoms with Gasteiger partial charge in [-0.3, -0.25) is 10.2 Å². The van der Waals surface area contributed by atoms with Crippen LogP contribution in [0.4, 0.5) is 0 Å². The minimum atomic E-state index is -0.440. The van der Waals surface area contributed by atoms with E-state index < -0.39 is 5.91 Å². The Balaban J connectivity index is 2.29. The zero-order valence-corrected chi connectivity index (χ0v) is 10.9. The Kier molecular flexibility index (Phi) is 4.54. The fraction of sp³-hybridized carbons (Fsp3) is 0.357. The number of hydrogen-bond acceptors (Lipinski definition) is 4. The van der Waals surface area contributed by atoms with Crippen molar-refractivity contribution in [3.63, 3.8) is 0 Å². The number of carbonyl (C=O) groups is 1. The molecular weight excluding hydrogens is 244 g/mol. The maximum absolute atomic E-state index is 11.7. The molecule has 1 aromatic carbocycles. The predicted molar refractivity (Wildman–Crippen MR) is 72.4 cm³/mol. The number of rotatable bonds is 6. The van der Waals surface area contributed by atoms with Crippen molar-refractivity contribution in [3.8, 4) is 0 Å². The first-order valence-corrected chi connectivity index (χ1v) is 6.37. The van der Waals surface area contributed by atoms with Crippen molar-refractivity contribution >= 4 is 16.9 Å². The van der Waals surface area contributed by atoms with E-state index in [1.807, 2.05) is 24.3 Å². The van der Waals surface area contributed by atoms with Crippen LogP contribution in [0.3, 0.4) is 0 Å². The van der Waals surface area contributed by atoms with Gasteiger partial charge in [-0.05, 0) is 12.5 Å². The zero-order chi connectivity index (χ0) is 13.7. The van der Waals surface area contributed by atoms with E-state index in [1.54, 1.807) is 0 Å². The lowest BCUT2D eigenvalue weighted by atomic mass is 10.1. The molecule has 102 valence electrons. The molecule has 0 fully saturated rings. The minimum Gasteiger partial charge on any atom is -0.450 e. The summed E-state index contributed by atoms with van der Waals surface area (Å²) in [5.74, 6) is 4.95. The van der Waals surface area contributed by atoms with Crippen LogP contribution in [0.1, 0.15) is 35.9 Å². The van der Waals surface area contributed by atoms with E-state index in [2.05, 4.69) is 12.3 Å². The monoisotopic (exact) mass is 262 g/mol. The lowest BCUT2D eigenvalue weighted by molar-refractivity contribution is 0.0909. The molecular formula is C14H18N2O3. The Morgan fingerprint density at radius 3 is 2.95 bits per heavy atom. The first-order valence-electron chi connectivity index (χ1n) is 6.37. The van der Waals surface area contributed by atoms with Crippen molar-refractivity contribution in [1.82, 2.24) is 5.43 Å². The van der Waals surface area contributed by atoms with E-state index in [-0.39, 0.29) is 5.76 Å². The predicted octanol–water partition coefficient (Wildman–Crippen LogP) is 2.35. The van der Waals surface area contributed by atoms with Gasteiger partial charge < -0.3 is 9.15 Å². The standard InChI is InChI=1S/C14H18N2O3/c1-2-3-8-18-9-11-10-6-4-5-7-12(10)19-13(11)14(17)16-15/h4-7H,2-3,8-9,15H2,1H3,(H,16,17). The second kappa shape index (κ2) is 6.36. The molecule has 0 aliphatic heterocycles. The number of carbonyl (C=O) groups excluding carboxylic acids is 1. The van der Waals surface area contributed by atoms with Gasteiger partial charge in [0.1, 0.15) is 5.58 Å². The zero-order valence-electron chi connectivity index (χ0n) is 10.9. The summed E-state index contributed by atoms with van der Waals surface area (Å²) in [6.45, 7) is 3.11. The first kappa shape index (κ1) is 13.6. The molecule has 0 bridgehead atoms. The van der Waals surface area contributed by atoms with Crippen LogP contribution < -0.4 is 11.3 Å². The molecule has 0 saturated heterocycles. The molecule has 0 saturated carbocycles. The molecule has 5 nitrogen and oxygen atoms in total. The molecule has 1 aromatic heterocycles. The molecule has 0 atom stereocenters. The van der Waals surface area contributed by atoms with Gasteiger partial charge >= 0.3 is 5.91 Å². The second-order valence-electron chi connectivity index (χ2n) is 4.29. The molecule has 0 aliphatic carbocycles. The Morgan fingerprint density at radius 1 is 1.42 bits per heavy atom. The van der Waals surface area contributed by atoms with E-state index >= 15 is 0 Å². The third kappa shape index (κ3) is 2.94. The van der Waals surface area contributed by atoms with Gasteiger partial charge in [0.05, 0.1) is 6.61 Å². The highest BCUT2D eigenvalue weighted by atomic mass is 16.5. The molecule has 1 heterocycles. The van der Waals surface area contributed by atoms with Crippen LogP contribution in [0.2, 0.25) is 0 Å². The third-order valence-corrected chi connectivity index (χ3v) is 2.92. The molecule has 0 unspecified atom stereocenters. The Morgan fingerprint density at radius 2 is 2.21 bits per heavy atom. The van der Waals surface area contributed by atoms with Crippen molar-refractivity contribution in [2.75, 3.05) is 6.61 Å². The number of fused-ring (bicyclic) bond motifs is 1. The minimum absolute atomic E-state index is 0.222. The molecule has 3 N–H and O–H groups in total. The number of nitrogen functional groups attached to an aromatic ring is 1. The molecule has 1 amide bonds. The topological polar surface area (TPSA) is 77.5 Å². The summed E-state index contributed by atoms with van der Waals surface area (Å²) >= 11 is 0. The van der Waals surface area contributed by atoms with Crippen LogP contribution in [0.5, 0.6) is 0 Å². The number of nitrogens with two attached hydrogens (primary N) is 1. The molecule has 5 heteroatoms. The van der Waals surface area contributed by atoms with Crippen molar-refractivity contribution < 1.29 is 13.9 Å². The Bertz CT molecular complexity index is 563. The second-order valence-corrected chi connectivity index (χ2v) is 4.29. The summed E-state index contributed by atoms with van der Waals surface area (Å²) in [5, 5.41) is 0.887. The lowest BCUT2D eigenvalue weighted by Crippen LogP contribution is -2.30. The van der Waals surface area contributed by atoms with E-state index in [0.29, 0.717) is 18.8 Å². The van der Waals surface area contributed by atoms with E-state index in [0.717, 1.165) is 23.8 Å². The van der Waals surface area contributed by atoms with E-state index in [9.17, 15) is 4.79 Å². The SMILES string of the molecule is CCCCOCc1c(C(=O)NN)oc2ccccc12. The number of para-hydroxylation sites is 1. The van der Waals surface area contributed by atoms with Crippen LogP contribution in [-0.2, 0) is 11.3 Å². The molecule has 0 spiro atoms. The van der Waals surface area contributed by atoms with Gasteiger partial charge in [0.25, 0.3) is 0 Å². The van der Waals surface area contributed by atoms with Gasteiger partial charge in [0, 0.05) is 17.6 Å². The average Bonchev–Trinajstić information content (AvgIpc) is 2.81. The summed E-state index contributed by atoms with van der Waals surface area (Å²) in [4.78, 5) is 11.7. The summed E-state index contributed by atoms with van der Waals surface area (Å²) < 4.78 is 11.1. The lowest BCUT2D eigenvalue weighted by Gasteiger charge is -2.04. The van der Waals surface area contributed by atoms with Crippen molar-refractivity contribution in [3.05, 3.63) is 35.6 Å². The number of hydrogen-bond donors (Lipinski definition) is 2. The molecule has 2 rings (SSSR count). The van der Waals surface area contributed by atoms with Gasteiger partial charge in [-0.1, -0.05) is 31.5 Å². The number of benzene rings is 1. The summed E-state index contributed by atoms with van der Waals surface area (Å²) in [6.07, 6.45) is 2.07. The number of furan rings is 1. The smallest absolute Gasteiger partial charge is 0.301 e.